The first-order valence-corrected chi connectivity index (χ1v) is 8.89. The number of hydrogen-bond acceptors (Lipinski definition) is 4. The minimum atomic E-state index is -0.0742. The molecule has 6 heteroatoms. The van der Waals surface area contributed by atoms with Crippen molar-refractivity contribution >= 4 is 28.8 Å². The van der Waals surface area contributed by atoms with E-state index in [-0.39, 0.29) is 11.8 Å². The van der Waals surface area contributed by atoms with E-state index in [1.807, 2.05) is 48.8 Å². The van der Waals surface area contributed by atoms with Crippen molar-refractivity contribution in [3.8, 4) is 0 Å². The van der Waals surface area contributed by atoms with Crippen LogP contribution in [0, 0.1) is 0 Å². The minimum Gasteiger partial charge on any atom is -0.373 e. The second-order valence-electron chi connectivity index (χ2n) is 5.44. The predicted octanol–water partition coefficient (Wildman–Crippen LogP) is 2.51. The minimum absolute atomic E-state index is 0.0156. The molecule has 0 fully saturated rings. The molecule has 128 valence electrons. The molecule has 0 saturated carbocycles. The van der Waals surface area contributed by atoms with Crippen LogP contribution in [-0.2, 0) is 4.79 Å². The highest BCUT2D eigenvalue weighted by atomic mass is 32.1. The monoisotopic (exact) mass is 345 g/mol. The lowest BCUT2D eigenvalue weighted by Crippen LogP contribution is -2.33. The summed E-state index contributed by atoms with van der Waals surface area (Å²) >= 11 is 1.41. The van der Waals surface area contributed by atoms with Gasteiger partial charge >= 0.3 is 0 Å². The highest BCUT2D eigenvalue weighted by Crippen LogP contribution is 2.09. The van der Waals surface area contributed by atoms with Gasteiger partial charge in [0.2, 0.25) is 5.91 Å². The van der Waals surface area contributed by atoms with Gasteiger partial charge < -0.3 is 15.5 Å². The first-order chi connectivity index (χ1) is 11.7. The molecule has 0 bridgehead atoms. The lowest BCUT2D eigenvalue weighted by molar-refractivity contribution is -0.121. The molecule has 1 aromatic heterocycles. The fourth-order valence-electron chi connectivity index (χ4n) is 2.21. The first-order valence-electron chi connectivity index (χ1n) is 8.01. The SMILES string of the molecule is CN(CCNC(=O)CCCNC(=O)c1cccs1)c1ccccc1. The van der Waals surface area contributed by atoms with Gasteiger partial charge in [-0.25, -0.2) is 0 Å². The summed E-state index contributed by atoms with van der Waals surface area (Å²) in [5.41, 5.74) is 1.13. The van der Waals surface area contributed by atoms with Crippen LogP contribution < -0.4 is 15.5 Å². The third-order valence-electron chi connectivity index (χ3n) is 3.58. The Morgan fingerprint density at radius 1 is 1.04 bits per heavy atom. The van der Waals surface area contributed by atoms with Gasteiger partial charge in [0, 0.05) is 38.8 Å². The Hall–Kier alpha value is -2.34. The Bertz CT molecular complexity index is 629. The molecule has 2 N–H and O–H groups in total. The van der Waals surface area contributed by atoms with Crippen molar-refractivity contribution in [3.63, 3.8) is 0 Å². The highest BCUT2D eigenvalue weighted by molar-refractivity contribution is 7.12. The van der Waals surface area contributed by atoms with E-state index in [2.05, 4.69) is 15.5 Å². The Kier molecular flexibility index (Phi) is 7.29. The van der Waals surface area contributed by atoms with Crippen LogP contribution in [-0.4, -0.2) is 38.5 Å². The van der Waals surface area contributed by atoms with Crippen LogP contribution in [0.4, 0.5) is 5.69 Å². The standard InChI is InChI=1S/C18H23N3O2S/c1-21(15-7-3-2-4-8-15)13-12-19-17(22)10-5-11-20-18(23)16-9-6-14-24-16/h2-4,6-9,14H,5,10-13H2,1H3,(H,19,22)(H,20,23). The summed E-state index contributed by atoms with van der Waals surface area (Å²) in [4.78, 5) is 26.3. The van der Waals surface area contributed by atoms with E-state index in [4.69, 9.17) is 0 Å². The third-order valence-corrected chi connectivity index (χ3v) is 4.45. The maximum Gasteiger partial charge on any atom is 0.261 e. The van der Waals surface area contributed by atoms with Crippen LogP contribution in [0.1, 0.15) is 22.5 Å². The Balaban J connectivity index is 1.54. The Morgan fingerprint density at radius 3 is 2.54 bits per heavy atom. The number of nitrogens with zero attached hydrogens (tertiary/aromatic N) is 1. The summed E-state index contributed by atoms with van der Waals surface area (Å²) in [5, 5.41) is 7.60. The first kappa shape index (κ1) is 18.0. The lowest BCUT2D eigenvalue weighted by Gasteiger charge is -2.19. The van der Waals surface area contributed by atoms with Crippen molar-refractivity contribution in [2.45, 2.75) is 12.8 Å². The highest BCUT2D eigenvalue weighted by Gasteiger charge is 2.06. The zero-order valence-corrected chi connectivity index (χ0v) is 14.6. The van der Waals surface area contributed by atoms with Crippen molar-refractivity contribution in [2.75, 3.05) is 31.6 Å². The van der Waals surface area contributed by atoms with E-state index in [0.29, 0.717) is 30.8 Å². The number of thiophene rings is 1. The second-order valence-corrected chi connectivity index (χ2v) is 6.39. The van der Waals surface area contributed by atoms with Crippen LogP contribution in [0.3, 0.4) is 0 Å². The molecule has 0 aliphatic heterocycles. The number of carbonyl (C=O) groups is 2. The number of para-hydroxylation sites is 1. The largest absolute Gasteiger partial charge is 0.373 e. The van der Waals surface area contributed by atoms with Gasteiger partial charge in [-0.15, -0.1) is 11.3 Å². The van der Waals surface area contributed by atoms with Gasteiger partial charge in [-0.3, -0.25) is 9.59 Å². The zero-order valence-electron chi connectivity index (χ0n) is 13.8. The molecule has 2 amide bonds. The number of rotatable bonds is 9. The molecule has 2 rings (SSSR count). The average molecular weight is 345 g/mol. The molecule has 0 atom stereocenters. The average Bonchev–Trinajstić information content (AvgIpc) is 3.14. The number of nitrogens with one attached hydrogen (secondary N) is 2. The van der Waals surface area contributed by atoms with E-state index in [1.54, 1.807) is 6.07 Å². The molecule has 0 unspecified atom stereocenters. The van der Waals surface area contributed by atoms with Gasteiger partial charge in [0.25, 0.3) is 5.91 Å². The summed E-state index contributed by atoms with van der Waals surface area (Å²) in [7, 11) is 2.00. The second kappa shape index (κ2) is 9.72. The van der Waals surface area contributed by atoms with Gasteiger partial charge in [-0.05, 0) is 30.0 Å². The molecule has 0 saturated heterocycles. The third kappa shape index (κ3) is 6.04. The summed E-state index contributed by atoms with van der Waals surface area (Å²) in [6, 6.07) is 13.7. The van der Waals surface area contributed by atoms with E-state index in [9.17, 15) is 9.59 Å². The zero-order chi connectivity index (χ0) is 17.2. The predicted molar refractivity (Wildman–Crippen MR) is 98.6 cm³/mol. The summed E-state index contributed by atoms with van der Waals surface area (Å²) in [6.45, 7) is 1.87. The molecular formula is C18H23N3O2S. The van der Waals surface area contributed by atoms with Gasteiger partial charge in [-0.1, -0.05) is 24.3 Å². The molecule has 0 aliphatic rings. The molecule has 1 heterocycles. The van der Waals surface area contributed by atoms with Crippen LogP contribution in [0.25, 0.3) is 0 Å². The number of amides is 2. The topological polar surface area (TPSA) is 61.4 Å². The molecule has 5 nitrogen and oxygen atoms in total. The number of hydrogen-bond donors (Lipinski definition) is 2. The van der Waals surface area contributed by atoms with Crippen LogP contribution in [0.2, 0.25) is 0 Å². The maximum atomic E-state index is 11.8. The van der Waals surface area contributed by atoms with Gasteiger partial charge in [-0.2, -0.15) is 0 Å². The summed E-state index contributed by atoms with van der Waals surface area (Å²) < 4.78 is 0. The smallest absolute Gasteiger partial charge is 0.261 e. The number of anilines is 1. The van der Waals surface area contributed by atoms with E-state index < -0.39 is 0 Å². The molecule has 0 aliphatic carbocycles. The molecular weight excluding hydrogens is 322 g/mol. The molecule has 0 spiro atoms. The van der Waals surface area contributed by atoms with Crippen LogP contribution >= 0.6 is 11.3 Å². The van der Waals surface area contributed by atoms with Crippen molar-refractivity contribution in [1.29, 1.82) is 0 Å². The fraction of sp³-hybridized carbons (Fsp3) is 0.333. The van der Waals surface area contributed by atoms with Crippen LogP contribution in [0.15, 0.2) is 47.8 Å². The van der Waals surface area contributed by atoms with Gasteiger partial charge in [0.05, 0.1) is 4.88 Å². The summed E-state index contributed by atoms with van der Waals surface area (Å²) in [5.74, 6) is -0.0586. The molecule has 2 aromatic rings. The van der Waals surface area contributed by atoms with E-state index in [0.717, 1.165) is 12.2 Å². The van der Waals surface area contributed by atoms with Gasteiger partial charge in [0.1, 0.15) is 0 Å². The number of carbonyl (C=O) groups excluding carboxylic acids is 2. The summed E-state index contributed by atoms with van der Waals surface area (Å²) in [6.07, 6.45) is 1.05. The number of likely N-dealkylation sites (N-methyl/N-ethyl adjacent to an activating group) is 1. The molecule has 1 aromatic carbocycles. The van der Waals surface area contributed by atoms with Gasteiger partial charge in [0.15, 0.2) is 0 Å². The quantitative estimate of drug-likeness (QED) is 0.687. The number of benzene rings is 1. The Morgan fingerprint density at radius 2 is 1.83 bits per heavy atom. The van der Waals surface area contributed by atoms with Crippen molar-refractivity contribution in [1.82, 2.24) is 10.6 Å². The van der Waals surface area contributed by atoms with Crippen molar-refractivity contribution in [2.24, 2.45) is 0 Å². The van der Waals surface area contributed by atoms with Crippen molar-refractivity contribution in [3.05, 3.63) is 52.7 Å². The molecule has 0 radical (unpaired) electrons. The van der Waals surface area contributed by atoms with Crippen LogP contribution in [0.5, 0.6) is 0 Å². The normalized spacial score (nSPS) is 10.2. The van der Waals surface area contributed by atoms with E-state index in [1.165, 1.54) is 11.3 Å². The molecule has 24 heavy (non-hydrogen) atoms. The maximum absolute atomic E-state index is 11.8. The van der Waals surface area contributed by atoms with Crippen molar-refractivity contribution < 1.29 is 9.59 Å². The van der Waals surface area contributed by atoms with E-state index >= 15 is 0 Å². The lowest BCUT2D eigenvalue weighted by atomic mass is 10.3. The fourth-order valence-corrected chi connectivity index (χ4v) is 2.85. The Labute approximate surface area is 146 Å².